The van der Waals surface area contributed by atoms with Crippen LogP contribution in [0.25, 0.3) is 0 Å². The molecule has 2 rings (SSSR count). The Morgan fingerprint density at radius 1 is 1.30 bits per heavy atom. The normalized spacial score (nSPS) is 10.2. The van der Waals surface area contributed by atoms with Crippen LogP contribution in [0.4, 0.5) is 0 Å². The van der Waals surface area contributed by atoms with Gasteiger partial charge in [-0.3, -0.25) is 0 Å². The maximum Gasteiger partial charge on any atom is 0.335 e. The van der Waals surface area contributed by atoms with Gasteiger partial charge in [0.2, 0.25) is 0 Å². The molecule has 0 aliphatic rings. The summed E-state index contributed by atoms with van der Waals surface area (Å²) < 4.78 is 5.47. The molecule has 0 saturated heterocycles. The van der Waals surface area contributed by atoms with Crippen LogP contribution >= 0.6 is 0 Å². The average Bonchev–Trinajstić information content (AvgIpc) is 2.48. The van der Waals surface area contributed by atoms with Crippen molar-refractivity contribution in [2.75, 3.05) is 13.2 Å². The zero-order valence-corrected chi connectivity index (χ0v) is 10.8. The lowest BCUT2D eigenvalue weighted by molar-refractivity contribution is 0.0696. The van der Waals surface area contributed by atoms with Crippen molar-refractivity contribution >= 4 is 5.97 Å². The van der Waals surface area contributed by atoms with Crippen molar-refractivity contribution in [1.82, 2.24) is 15.5 Å². The lowest BCUT2D eigenvalue weighted by Crippen LogP contribution is -2.21. The predicted octanol–water partition coefficient (Wildman–Crippen LogP) is 1.34. The van der Waals surface area contributed by atoms with E-state index in [0.717, 1.165) is 5.69 Å². The monoisotopic (exact) mass is 273 g/mol. The molecular weight excluding hydrogens is 258 g/mol. The zero-order valence-electron chi connectivity index (χ0n) is 10.8. The Labute approximate surface area is 116 Å². The molecule has 0 amide bonds. The Bertz CT molecular complexity index is 561. The highest BCUT2D eigenvalue weighted by molar-refractivity contribution is 5.87. The summed E-state index contributed by atoms with van der Waals surface area (Å²) in [4.78, 5) is 10.8. The number of aromatic nitrogens is 2. The average molecular weight is 273 g/mol. The first-order valence-electron chi connectivity index (χ1n) is 6.19. The number of hydrogen-bond donors (Lipinski definition) is 2. The fraction of sp³-hybridized carbons (Fsp3) is 0.214. The van der Waals surface area contributed by atoms with Crippen LogP contribution in [-0.2, 0) is 6.54 Å². The van der Waals surface area contributed by atoms with Gasteiger partial charge in [0, 0.05) is 19.3 Å². The van der Waals surface area contributed by atoms with Gasteiger partial charge >= 0.3 is 5.97 Å². The lowest BCUT2D eigenvalue weighted by Gasteiger charge is -2.07. The quantitative estimate of drug-likeness (QED) is 0.741. The maximum absolute atomic E-state index is 10.8. The van der Waals surface area contributed by atoms with Crippen LogP contribution in [0.3, 0.4) is 0 Å². The van der Waals surface area contributed by atoms with Crippen molar-refractivity contribution in [3.63, 3.8) is 0 Å². The largest absolute Gasteiger partial charge is 0.492 e. The summed E-state index contributed by atoms with van der Waals surface area (Å²) in [5.41, 5.74) is 1.08. The van der Waals surface area contributed by atoms with Crippen molar-refractivity contribution in [1.29, 1.82) is 0 Å². The molecule has 0 unspecified atom stereocenters. The van der Waals surface area contributed by atoms with E-state index >= 15 is 0 Å². The third kappa shape index (κ3) is 4.33. The van der Waals surface area contributed by atoms with Gasteiger partial charge in [-0.25, -0.2) is 4.79 Å². The molecule has 6 heteroatoms. The SMILES string of the molecule is O=C(O)c1cccc(OCCNCc2cccnn2)c1. The number of carboxylic acid groups (broad SMARTS) is 1. The highest BCUT2D eigenvalue weighted by Gasteiger charge is 2.03. The molecule has 0 saturated carbocycles. The smallest absolute Gasteiger partial charge is 0.335 e. The molecule has 0 fully saturated rings. The number of hydrogen-bond acceptors (Lipinski definition) is 5. The number of ether oxygens (including phenoxy) is 1. The van der Waals surface area contributed by atoms with Crippen LogP contribution in [-0.4, -0.2) is 34.4 Å². The van der Waals surface area contributed by atoms with E-state index in [0.29, 0.717) is 25.4 Å². The lowest BCUT2D eigenvalue weighted by atomic mass is 10.2. The molecule has 1 aromatic heterocycles. The van der Waals surface area contributed by atoms with Crippen LogP contribution < -0.4 is 10.1 Å². The summed E-state index contributed by atoms with van der Waals surface area (Å²) in [6.45, 7) is 1.70. The van der Waals surface area contributed by atoms with E-state index in [-0.39, 0.29) is 5.56 Å². The molecule has 2 N–H and O–H groups in total. The number of benzene rings is 1. The number of carbonyl (C=O) groups is 1. The Balaban J connectivity index is 1.71. The fourth-order valence-electron chi connectivity index (χ4n) is 1.60. The Hall–Kier alpha value is -2.47. The van der Waals surface area contributed by atoms with Crippen LogP contribution in [0.15, 0.2) is 42.6 Å². The standard InChI is InChI=1S/C14H15N3O3/c18-14(19)11-3-1-5-13(9-11)20-8-7-15-10-12-4-2-6-16-17-12/h1-6,9,15H,7-8,10H2,(H,18,19). The van der Waals surface area contributed by atoms with Crippen LogP contribution in [0.2, 0.25) is 0 Å². The van der Waals surface area contributed by atoms with E-state index in [4.69, 9.17) is 9.84 Å². The molecule has 6 nitrogen and oxygen atoms in total. The van der Waals surface area contributed by atoms with E-state index < -0.39 is 5.97 Å². The highest BCUT2D eigenvalue weighted by Crippen LogP contribution is 2.12. The first kappa shape index (κ1) is 14.0. The minimum absolute atomic E-state index is 0.218. The second-order valence-electron chi connectivity index (χ2n) is 4.07. The number of aromatic carboxylic acids is 1. The van der Waals surface area contributed by atoms with Gasteiger partial charge in [-0.2, -0.15) is 10.2 Å². The molecule has 0 aliphatic heterocycles. The van der Waals surface area contributed by atoms with Gasteiger partial charge in [-0.1, -0.05) is 6.07 Å². The van der Waals surface area contributed by atoms with E-state index in [1.807, 2.05) is 12.1 Å². The van der Waals surface area contributed by atoms with E-state index in [1.165, 1.54) is 12.1 Å². The first-order valence-corrected chi connectivity index (χ1v) is 6.19. The minimum Gasteiger partial charge on any atom is -0.492 e. The van der Waals surface area contributed by atoms with Crippen molar-refractivity contribution in [3.05, 3.63) is 53.9 Å². The van der Waals surface area contributed by atoms with Crippen molar-refractivity contribution < 1.29 is 14.6 Å². The third-order valence-corrected chi connectivity index (χ3v) is 2.56. The molecule has 0 bridgehead atoms. The Kier molecular flexibility index (Phi) is 5.02. The molecule has 2 aromatic rings. The van der Waals surface area contributed by atoms with Gasteiger partial charge in [0.05, 0.1) is 11.3 Å². The van der Waals surface area contributed by atoms with Crippen LogP contribution in [0.5, 0.6) is 5.75 Å². The number of rotatable bonds is 7. The van der Waals surface area contributed by atoms with Crippen molar-refractivity contribution in [3.8, 4) is 5.75 Å². The summed E-state index contributed by atoms with van der Waals surface area (Å²) in [6.07, 6.45) is 1.63. The van der Waals surface area contributed by atoms with Gasteiger partial charge < -0.3 is 15.2 Å². The molecule has 0 spiro atoms. The molecule has 0 aliphatic carbocycles. The van der Waals surface area contributed by atoms with E-state index in [1.54, 1.807) is 18.3 Å². The molecule has 1 heterocycles. The number of nitrogens with one attached hydrogen (secondary N) is 1. The Morgan fingerprint density at radius 2 is 2.20 bits per heavy atom. The van der Waals surface area contributed by atoms with Gasteiger partial charge in [-0.05, 0) is 30.3 Å². The summed E-state index contributed by atoms with van der Waals surface area (Å²) >= 11 is 0. The van der Waals surface area contributed by atoms with Crippen molar-refractivity contribution in [2.24, 2.45) is 0 Å². The number of carboxylic acids is 1. The molecule has 104 valence electrons. The summed E-state index contributed by atoms with van der Waals surface area (Å²) in [5.74, 6) is -0.414. The molecular formula is C14H15N3O3. The molecule has 1 aromatic carbocycles. The van der Waals surface area contributed by atoms with Gasteiger partial charge in [-0.15, -0.1) is 0 Å². The maximum atomic E-state index is 10.8. The third-order valence-electron chi connectivity index (χ3n) is 2.56. The fourth-order valence-corrected chi connectivity index (χ4v) is 1.60. The summed E-state index contributed by atoms with van der Waals surface area (Å²) in [6, 6.07) is 10.1. The van der Waals surface area contributed by atoms with E-state index in [9.17, 15) is 4.79 Å². The van der Waals surface area contributed by atoms with Gasteiger partial charge in [0.1, 0.15) is 12.4 Å². The molecule has 0 radical (unpaired) electrons. The zero-order chi connectivity index (χ0) is 14.2. The topological polar surface area (TPSA) is 84.3 Å². The first-order chi connectivity index (χ1) is 9.75. The number of nitrogens with zero attached hydrogens (tertiary/aromatic N) is 2. The second-order valence-corrected chi connectivity index (χ2v) is 4.07. The van der Waals surface area contributed by atoms with Gasteiger partial charge in [0.15, 0.2) is 0 Å². The Morgan fingerprint density at radius 3 is 2.95 bits per heavy atom. The highest BCUT2D eigenvalue weighted by atomic mass is 16.5. The minimum atomic E-state index is -0.962. The van der Waals surface area contributed by atoms with Crippen molar-refractivity contribution in [2.45, 2.75) is 6.54 Å². The summed E-state index contributed by atoms with van der Waals surface area (Å²) in [5, 5.41) is 19.8. The van der Waals surface area contributed by atoms with E-state index in [2.05, 4.69) is 15.5 Å². The second kappa shape index (κ2) is 7.20. The van der Waals surface area contributed by atoms with Crippen LogP contribution in [0, 0.1) is 0 Å². The molecule has 20 heavy (non-hydrogen) atoms. The predicted molar refractivity (Wildman–Crippen MR) is 72.6 cm³/mol. The van der Waals surface area contributed by atoms with Gasteiger partial charge in [0.25, 0.3) is 0 Å². The molecule has 0 atom stereocenters. The van der Waals surface area contributed by atoms with Crippen LogP contribution in [0.1, 0.15) is 16.1 Å². The summed E-state index contributed by atoms with van der Waals surface area (Å²) in [7, 11) is 0.